The van der Waals surface area contributed by atoms with E-state index in [1.54, 1.807) is 12.1 Å². The van der Waals surface area contributed by atoms with Crippen molar-refractivity contribution in [2.75, 3.05) is 18.0 Å². The molecule has 0 aliphatic rings. The lowest BCUT2D eigenvalue weighted by Gasteiger charge is -2.21. The van der Waals surface area contributed by atoms with Gasteiger partial charge in [0.05, 0.1) is 0 Å². The van der Waals surface area contributed by atoms with E-state index in [9.17, 15) is 9.59 Å². The standard InChI is InChI=1S/C15H22N2O3/c1-11(2)8-9-16-15(20)17(10-14(18)19)13-6-4-12(3)5-7-13/h4-7,11H,8-10H2,1-3H3,(H,16,20)(H,18,19). The summed E-state index contributed by atoms with van der Waals surface area (Å²) in [5.41, 5.74) is 1.64. The predicted octanol–water partition coefficient (Wildman–Crippen LogP) is 2.64. The molecule has 0 aromatic heterocycles. The van der Waals surface area contributed by atoms with Gasteiger partial charge in [0.25, 0.3) is 0 Å². The van der Waals surface area contributed by atoms with E-state index in [2.05, 4.69) is 19.2 Å². The summed E-state index contributed by atoms with van der Waals surface area (Å²) in [5.74, 6) is -0.549. The molecular formula is C15H22N2O3. The molecular weight excluding hydrogens is 256 g/mol. The number of aliphatic carboxylic acids is 1. The lowest BCUT2D eigenvalue weighted by atomic mass is 10.1. The van der Waals surface area contributed by atoms with Gasteiger partial charge < -0.3 is 10.4 Å². The van der Waals surface area contributed by atoms with Crippen molar-refractivity contribution in [2.45, 2.75) is 27.2 Å². The number of carbonyl (C=O) groups excluding carboxylic acids is 1. The summed E-state index contributed by atoms with van der Waals surface area (Å²) in [5, 5.41) is 11.7. The first kappa shape index (κ1) is 16.0. The van der Waals surface area contributed by atoms with E-state index in [1.807, 2.05) is 19.1 Å². The highest BCUT2D eigenvalue weighted by molar-refractivity contribution is 5.96. The Labute approximate surface area is 119 Å². The zero-order valence-corrected chi connectivity index (χ0v) is 12.2. The number of nitrogens with zero attached hydrogens (tertiary/aromatic N) is 1. The van der Waals surface area contributed by atoms with Crippen molar-refractivity contribution in [1.29, 1.82) is 0 Å². The molecule has 2 amide bonds. The molecule has 5 nitrogen and oxygen atoms in total. The summed E-state index contributed by atoms with van der Waals surface area (Å²) < 4.78 is 0. The molecule has 0 aliphatic heterocycles. The Morgan fingerprint density at radius 2 is 1.85 bits per heavy atom. The van der Waals surface area contributed by atoms with E-state index in [0.29, 0.717) is 18.2 Å². The molecule has 1 rings (SSSR count). The van der Waals surface area contributed by atoms with E-state index in [-0.39, 0.29) is 12.6 Å². The Kier molecular flexibility index (Phi) is 6.03. The minimum absolute atomic E-state index is 0.351. The highest BCUT2D eigenvalue weighted by Crippen LogP contribution is 2.15. The van der Waals surface area contributed by atoms with Crippen LogP contribution in [0.4, 0.5) is 10.5 Å². The monoisotopic (exact) mass is 278 g/mol. The first-order chi connectivity index (χ1) is 9.40. The number of carboxylic acids is 1. The normalized spacial score (nSPS) is 10.4. The van der Waals surface area contributed by atoms with Crippen molar-refractivity contribution in [3.63, 3.8) is 0 Å². The van der Waals surface area contributed by atoms with Gasteiger partial charge in [-0.05, 0) is 31.4 Å². The number of carboxylic acid groups (broad SMARTS) is 1. The number of rotatable bonds is 6. The molecule has 0 unspecified atom stereocenters. The average molecular weight is 278 g/mol. The fraction of sp³-hybridized carbons (Fsp3) is 0.467. The second-order valence-electron chi connectivity index (χ2n) is 5.23. The molecule has 1 aromatic rings. The first-order valence-electron chi connectivity index (χ1n) is 6.74. The second-order valence-corrected chi connectivity index (χ2v) is 5.23. The molecule has 110 valence electrons. The van der Waals surface area contributed by atoms with Crippen LogP contribution >= 0.6 is 0 Å². The number of hydrogen-bond donors (Lipinski definition) is 2. The summed E-state index contributed by atoms with van der Waals surface area (Å²) in [7, 11) is 0. The Morgan fingerprint density at radius 3 is 2.35 bits per heavy atom. The van der Waals surface area contributed by atoms with Gasteiger partial charge in [-0.15, -0.1) is 0 Å². The van der Waals surface area contributed by atoms with Gasteiger partial charge in [-0.1, -0.05) is 31.5 Å². The number of carbonyl (C=O) groups is 2. The predicted molar refractivity (Wildman–Crippen MR) is 79.0 cm³/mol. The molecule has 0 radical (unpaired) electrons. The van der Waals surface area contributed by atoms with Crippen molar-refractivity contribution < 1.29 is 14.7 Å². The number of amides is 2. The molecule has 0 saturated carbocycles. The number of nitrogens with one attached hydrogen (secondary N) is 1. The second kappa shape index (κ2) is 7.53. The van der Waals surface area contributed by atoms with Gasteiger partial charge in [-0.25, -0.2) is 4.79 Å². The molecule has 0 heterocycles. The third kappa shape index (κ3) is 5.30. The highest BCUT2D eigenvalue weighted by atomic mass is 16.4. The van der Waals surface area contributed by atoms with Crippen LogP contribution in [0.3, 0.4) is 0 Å². The fourth-order valence-corrected chi connectivity index (χ4v) is 1.70. The molecule has 20 heavy (non-hydrogen) atoms. The quantitative estimate of drug-likeness (QED) is 0.840. The van der Waals surface area contributed by atoms with Gasteiger partial charge in [-0.2, -0.15) is 0 Å². The third-order valence-electron chi connectivity index (χ3n) is 2.88. The van der Waals surface area contributed by atoms with Gasteiger partial charge in [0, 0.05) is 12.2 Å². The van der Waals surface area contributed by atoms with E-state index >= 15 is 0 Å². The van der Waals surface area contributed by atoms with Crippen LogP contribution < -0.4 is 10.2 Å². The Balaban J connectivity index is 2.75. The lowest BCUT2D eigenvalue weighted by molar-refractivity contribution is -0.135. The van der Waals surface area contributed by atoms with Crippen LogP contribution in [0.5, 0.6) is 0 Å². The van der Waals surface area contributed by atoms with Crippen molar-refractivity contribution in [2.24, 2.45) is 5.92 Å². The fourth-order valence-electron chi connectivity index (χ4n) is 1.70. The molecule has 0 spiro atoms. The maximum absolute atomic E-state index is 12.1. The van der Waals surface area contributed by atoms with Gasteiger partial charge in [0.1, 0.15) is 6.54 Å². The maximum Gasteiger partial charge on any atom is 0.323 e. The van der Waals surface area contributed by atoms with E-state index in [0.717, 1.165) is 12.0 Å². The summed E-state index contributed by atoms with van der Waals surface area (Å²) >= 11 is 0. The Morgan fingerprint density at radius 1 is 1.25 bits per heavy atom. The van der Waals surface area contributed by atoms with Gasteiger partial charge in [0.2, 0.25) is 0 Å². The molecule has 2 N–H and O–H groups in total. The van der Waals surface area contributed by atoms with E-state index < -0.39 is 5.97 Å². The summed E-state index contributed by atoms with van der Waals surface area (Å²) in [6.07, 6.45) is 0.862. The largest absolute Gasteiger partial charge is 0.480 e. The molecule has 5 heteroatoms. The van der Waals surface area contributed by atoms with Crippen molar-refractivity contribution >= 4 is 17.7 Å². The molecule has 0 aliphatic carbocycles. The minimum Gasteiger partial charge on any atom is -0.480 e. The zero-order chi connectivity index (χ0) is 15.1. The number of urea groups is 1. The van der Waals surface area contributed by atoms with Crippen LogP contribution in [-0.2, 0) is 4.79 Å². The molecule has 0 fully saturated rings. The van der Waals surface area contributed by atoms with Crippen molar-refractivity contribution in [3.05, 3.63) is 29.8 Å². The number of hydrogen-bond acceptors (Lipinski definition) is 2. The SMILES string of the molecule is Cc1ccc(N(CC(=O)O)C(=O)NCCC(C)C)cc1. The van der Waals surface area contributed by atoms with Crippen LogP contribution in [0.2, 0.25) is 0 Å². The summed E-state index contributed by atoms with van der Waals surface area (Å²) in [4.78, 5) is 24.3. The molecule has 1 aromatic carbocycles. The van der Waals surface area contributed by atoms with Crippen molar-refractivity contribution in [1.82, 2.24) is 5.32 Å². The van der Waals surface area contributed by atoms with E-state index in [4.69, 9.17) is 5.11 Å². The first-order valence-corrected chi connectivity index (χ1v) is 6.74. The van der Waals surface area contributed by atoms with Crippen molar-refractivity contribution in [3.8, 4) is 0 Å². The molecule has 0 atom stereocenters. The van der Waals surface area contributed by atoms with Crippen LogP contribution in [-0.4, -0.2) is 30.2 Å². The van der Waals surface area contributed by atoms with Gasteiger partial charge in [0.15, 0.2) is 0 Å². The van der Waals surface area contributed by atoms with Crippen LogP contribution in [0.25, 0.3) is 0 Å². The Hall–Kier alpha value is -2.04. The topological polar surface area (TPSA) is 69.6 Å². The Bertz CT molecular complexity index is 455. The highest BCUT2D eigenvalue weighted by Gasteiger charge is 2.18. The smallest absolute Gasteiger partial charge is 0.323 e. The van der Waals surface area contributed by atoms with Crippen LogP contribution in [0.15, 0.2) is 24.3 Å². The van der Waals surface area contributed by atoms with Crippen LogP contribution in [0.1, 0.15) is 25.8 Å². The van der Waals surface area contributed by atoms with Gasteiger partial charge in [-0.3, -0.25) is 9.69 Å². The summed E-state index contributed by atoms with van der Waals surface area (Å²) in [6.45, 7) is 6.27. The number of aryl methyl sites for hydroxylation is 1. The minimum atomic E-state index is -1.04. The lowest BCUT2D eigenvalue weighted by Crippen LogP contribution is -2.43. The van der Waals surface area contributed by atoms with Gasteiger partial charge >= 0.3 is 12.0 Å². The van der Waals surface area contributed by atoms with E-state index in [1.165, 1.54) is 4.90 Å². The number of anilines is 1. The third-order valence-corrected chi connectivity index (χ3v) is 2.88. The maximum atomic E-state index is 12.1. The zero-order valence-electron chi connectivity index (χ0n) is 12.2. The molecule has 0 bridgehead atoms. The number of benzene rings is 1. The summed E-state index contributed by atoms with van der Waals surface area (Å²) in [6, 6.07) is 6.83. The van der Waals surface area contributed by atoms with Crippen LogP contribution in [0, 0.1) is 12.8 Å². The molecule has 0 saturated heterocycles. The average Bonchev–Trinajstić information content (AvgIpc) is 2.36.